The van der Waals surface area contributed by atoms with Crippen LogP contribution in [0, 0.1) is 6.92 Å². The third kappa shape index (κ3) is 2.86. The van der Waals surface area contributed by atoms with Crippen LogP contribution in [-0.2, 0) is 12.3 Å². The monoisotopic (exact) mass is 328 g/mol. The molecular formula is C18H18O2P2. The van der Waals surface area contributed by atoms with E-state index >= 15 is 0 Å². The predicted molar refractivity (Wildman–Crippen MR) is 99.5 cm³/mol. The molecule has 1 aromatic heterocycles. The van der Waals surface area contributed by atoms with Crippen LogP contribution in [0.2, 0.25) is 0 Å². The van der Waals surface area contributed by atoms with Gasteiger partial charge in [0.1, 0.15) is 5.58 Å². The molecule has 0 N–H and O–H groups in total. The Morgan fingerprint density at radius 3 is 2.32 bits per heavy atom. The molecule has 0 aliphatic carbocycles. The van der Waals surface area contributed by atoms with Crippen molar-refractivity contribution < 1.29 is 4.42 Å². The molecule has 3 aromatic rings. The highest BCUT2D eigenvalue weighted by atomic mass is 31.0. The van der Waals surface area contributed by atoms with E-state index in [2.05, 4.69) is 48.8 Å². The summed E-state index contributed by atoms with van der Waals surface area (Å²) in [5.74, 6) is 0. The first-order valence-electron chi connectivity index (χ1n) is 7.19. The highest BCUT2D eigenvalue weighted by molar-refractivity contribution is 7.15. The molecule has 0 amide bonds. The number of hydrogen-bond acceptors (Lipinski definition) is 2. The number of hydrogen-bond donors (Lipinski definition) is 0. The van der Waals surface area contributed by atoms with Crippen molar-refractivity contribution in [2.24, 2.45) is 0 Å². The highest BCUT2D eigenvalue weighted by Crippen LogP contribution is 2.30. The van der Waals surface area contributed by atoms with Crippen LogP contribution in [0.25, 0.3) is 22.1 Å². The fourth-order valence-electron chi connectivity index (χ4n) is 2.75. The zero-order chi connectivity index (χ0) is 15.7. The average molecular weight is 328 g/mol. The zero-order valence-corrected chi connectivity index (χ0v) is 14.7. The lowest BCUT2D eigenvalue weighted by Crippen LogP contribution is -2.00. The standard InChI is InChI=1S/C18H18O2P2/c1-11-6-17(19)20-16-8-14(7-15(10-22)18(11)16)13-4-2-12(9-21)3-5-13/h2-8H,9-10,21-22H2,1H3. The molecule has 2 atom stereocenters. The van der Waals surface area contributed by atoms with Gasteiger partial charge in [-0.1, -0.05) is 24.3 Å². The van der Waals surface area contributed by atoms with E-state index in [0.717, 1.165) is 34.4 Å². The van der Waals surface area contributed by atoms with Crippen LogP contribution < -0.4 is 5.63 Å². The molecule has 0 aliphatic heterocycles. The average Bonchev–Trinajstić information content (AvgIpc) is 2.53. The molecule has 2 nitrogen and oxygen atoms in total. The van der Waals surface area contributed by atoms with Crippen molar-refractivity contribution in [3.05, 3.63) is 69.6 Å². The molecule has 0 saturated heterocycles. The maximum absolute atomic E-state index is 11.7. The Labute approximate surface area is 134 Å². The van der Waals surface area contributed by atoms with Crippen LogP contribution in [0.5, 0.6) is 0 Å². The first-order chi connectivity index (χ1) is 10.6. The normalized spacial score (nSPS) is 11.0. The van der Waals surface area contributed by atoms with Crippen LogP contribution >= 0.6 is 18.5 Å². The number of fused-ring (bicyclic) bond motifs is 1. The van der Waals surface area contributed by atoms with E-state index in [-0.39, 0.29) is 5.63 Å². The van der Waals surface area contributed by atoms with Crippen molar-refractivity contribution in [3.63, 3.8) is 0 Å². The minimum absolute atomic E-state index is 0.296. The van der Waals surface area contributed by atoms with Gasteiger partial charge in [0.05, 0.1) is 0 Å². The summed E-state index contributed by atoms with van der Waals surface area (Å²) in [6.07, 6.45) is 1.77. The second kappa shape index (κ2) is 6.32. The third-order valence-corrected chi connectivity index (χ3v) is 4.78. The Balaban J connectivity index is 2.24. The minimum Gasteiger partial charge on any atom is -0.423 e. The second-order valence-corrected chi connectivity index (χ2v) is 6.18. The van der Waals surface area contributed by atoms with Gasteiger partial charge < -0.3 is 4.42 Å². The van der Waals surface area contributed by atoms with Gasteiger partial charge in [-0.05, 0) is 59.2 Å². The van der Waals surface area contributed by atoms with Crippen molar-refractivity contribution in [2.45, 2.75) is 19.2 Å². The Bertz CT molecular complexity index is 880. The van der Waals surface area contributed by atoms with Crippen molar-refractivity contribution in [1.82, 2.24) is 0 Å². The topological polar surface area (TPSA) is 30.2 Å². The van der Waals surface area contributed by atoms with Crippen LogP contribution in [0.1, 0.15) is 16.7 Å². The van der Waals surface area contributed by atoms with E-state index in [4.69, 9.17) is 4.42 Å². The lowest BCUT2D eigenvalue weighted by atomic mass is 9.98. The van der Waals surface area contributed by atoms with Crippen molar-refractivity contribution >= 4 is 29.4 Å². The van der Waals surface area contributed by atoms with E-state index in [9.17, 15) is 4.79 Å². The predicted octanol–water partition coefficient (Wildman–Crippen LogP) is 4.52. The lowest BCUT2D eigenvalue weighted by molar-refractivity contribution is 0.560. The van der Waals surface area contributed by atoms with Gasteiger partial charge in [-0.2, -0.15) is 0 Å². The summed E-state index contributed by atoms with van der Waals surface area (Å²) in [7, 11) is 5.48. The van der Waals surface area contributed by atoms with Crippen molar-refractivity contribution in [3.8, 4) is 11.1 Å². The summed E-state index contributed by atoms with van der Waals surface area (Å²) >= 11 is 0. The molecule has 112 valence electrons. The van der Waals surface area contributed by atoms with Crippen LogP contribution in [0.15, 0.2) is 51.7 Å². The van der Waals surface area contributed by atoms with E-state index in [0.29, 0.717) is 5.58 Å². The van der Waals surface area contributed by atoms with E-state index in [1.54, 1.807) is 6.07 Å². The molecule has 22 heavy (non-hydrogen) atoms. The van der Waals surface area contributed by atoms with E-state index in [1.165, 1.54) is 11.1 Å². The van der Waals surface area contributed by atoms with Gasteiger partial charge in [0.15, 0.2) is 0 Å². The first-order valence-corrected chi connectivity index (χ1v) is 8.82. The van der Waals surface area contributed by atoms with Crippen LogP contribution in [-0.4, -0.2) is 0 Å². The maximum atomic E-state index is 11.7. The molecule has 4 heteroatoms. The molecule has 0 bridgehead atoms. The van der Waals surface area contributed by atoms with E-state index < -0.39 is 0 Å². The summed E-state index contributed by atoms with van der Waals surface area (Å²) in [6.45, 7) is 1.95. The molecule has 0 aliphatic rings. The third-order valence-electron chi connectivity index (χ3n) is 3.87. The Kier molecular flexibility index (Phi) is 4.43. The summed E-state index contributed by atoms with van der Waals surface area (Å²) < 4.78 is 5.42. The van der Waals surface area contributed by atoms with Gasteiger partial charge in [0.25, 0.3) is 0 Å². The lowest BCUT2D eigenvalue weighted by Gasteiger charge is -2.10. The largest absolute Gasteiger partial charge is 0.423 e. The van der Waals surface area contributed by atoms with Crippen LogP contribution in [0.3, 0.4) is 0 Å². The Morgan fingerprint density at radius 1 is 0.955 bits per heavy atom. The first kappa shape index (κ1) is 15.4. The molecule has 3 rings (SSSR count). The number of rotatable bonds is 3. The van der Waals surface area contributed by atoms with Gasteiger partial charge in [0, 0.05) is 11.5 Å². The quantitative estimate of drug-likeness (QED) is 0.523. The fourth-order valence-corrected chi connectivity index (χ4v) is 3.34. The van der Waals surface area contributed by atoms with Gasteiger partial charge in [-0.3, -0.25) is 0 Å². The molecule has 2 unspecified atom stereocenters. The summed E-state index contributed by atoms with van der Waals surface area (Å²) in [5, 5.41) is 1.04. The number of benzene rings is 2. The van der Waals surface area contributed by atoms with Crippen molar-refractivity contribution in [2.75, 3.05) is 0 Å². The maximum Gasteiger partial charge on any atom is 0.336 e. The Hall–Kier alpha value is -1.49. The second-order valence-electron chi connectivity index (χ2n) is 5.36. The molecule has 2 aromatic carbocycles. The van der Waals surface area contributed by atoms with Gasteiger partial charge in [-0.25, -0.2) is 4.79 Å². The summed E-state index contributed by atoms with van der Waals surface area (Å²) in [5.41, 5.74) is 6.00. The molecule has 0 spiro atoms. The van der Waals surface area contributed by atoms with Gasteiger partial charge in [-0.15, -0.1) is 18.5 Å². The van der Waals surface area contributed by atoms with Crippen molar-refractivity contribution in [1.29, 1.82) is 0 Å². The molecular weight excluding hydrogens is 310 g/mol. The zero-order valence-electron chi connectivity index (χ0n) is 12.4. The summed E-state index contributed by atoms with van der Waals surface area (Å²) in [6, 6.07) is 14.2. The highest BCUT2D eigenvalue weighted by Gasteiger charge is 2.10. The smallest absolute Gasteiger partial charge is 0.336 e. The van der Waals surface area contributed by atoms with Crippen LogP contribution in [0.4, 0.5) is 0 Å². The van der Waals surface area contributed by atoms with Gasteiger partial charge in [0.2, 0.25) is 0 Å². The molecule has 0 saturated carbocycles. The molecule has 1 heterocycles. The van der Waals surface area contributed by atoms with Gasteiger partial charge >= 0.3 is 5.63 Å². The molecule has 0 fully saturated rings. The SMILES string of the molecule is Cc1cc(=O)oc2cc(-c3ccc(CP)cc3)cc(CP)c12. The summed E-state index contributed by atoms with van der Waals surface area (Å²) in [4.78, 5) is 11.7. The molecule has 0 radical (unpaired) electrons. The van der Waals surface area contributed by atoms with E-state index in [1.807, 2.05) is 13.0 Å². The minimum atomic E-state index is -0.296. The Morgan fingerprint density at radius 2 is 1.68 bits per heavy atom. The number of aryl methyl sites for hydroxylation is 1. The fraction of sp³-hybridized carbons (Fsp3) is 0.167.